The molecule has 106 valence electrons. The average Bonchev–Trinajstić information content (AvgIpc) is 2.48. The third kappa shape index (κ3) is 3.12. The maximum absolute atomic E-state index is 13.7. The smallest absolute Gasteiger partial charge is 0.124 e. The molecular formula is C16H12ClFN2S. The largest absolute Gasteiger partial charge is 0.398 e. The molecule has 21 heavy (non-hydrogen) atoms. The molecule has 0 bridgehead atoms. The Morgan fingerprint density at radius 1 is 1.19 bits per heavy atom. The van der Waals surface area contributed by atoms with E-state index < -0.39 is 0 Å². The van der Waals surface area contributed by atoms with Crippen molar-refractivity contribution in [3.05, 3.63) is 65.1 Å². The van der Waals surface area contributed by atoms with Crippen molar-refractivity contribution in [2.45, 2.75) is 10.6 Å². The Bertz CT molecular complexity index is 807. The molecule has 1 heterocycles. The summed E-state index contributed by atoms with van der Waals surface area (Å²) in [6, 6.07) is 12.2. The molecule has 3 aromatic rings. The molecule has 1 aromatic heterocycles. The van der Waals surface area contributed by atoms with Gasteiger partial charge in [-0.1, -0.05) is 17.7 Å². The van der Waals surface area contributed by atoms with Crippen molar-refractivity contribution in [2.75, 3.05) is 5.73 Å². The lowest BCUT2D eigenvalue weighted by Gasteiger charge is -2.07. The van der Waals surface area contributed by atoms with Gasteiger partial charge >= 0.3 is 0 Å². The lowest BCUT2D eigenvalue weighted by Crippen LogP contribution is -1.90. The number of aromatic nitrogens is 1. The van der Waals surface area contributed by atoms with Crippen LogP contribution in [0.1, 0.15) is 5.56 Å². The molecule has 2 aromatic carbocycles. The Hall–Kier alpha value is -1.78. The first-order chi connectivity index (χ1) is 10.1. The van der Waals surface area contributed by atoms with Crippen LogP contribution in [0.15, 0.2) is 53.6 Å². The summed E-state index contributed by atoms with van der Waals surface area (Å²) in [6.07, 6.45) is 1.72. The third-order valence-electron chi connectivity index (χ3n) is 3.11. The quantitative estimate of drug-likeness (QED) is 0.551. The molecule has 5 heteroatoms. The van der Waals surface area contributed by atoms with Gasteiger partial charge < -0.3 is 5.73 Å². The summed E-state index contributed by atoms with van der Waals surface area (Å²) in [5.74, 6) is 0.368. The number of nitrogens with zero attached hydrogens (tertiary/aromatic N) is 1. The monoisotopic (exact) mass is 318 g/mol. The van der Waals surface area contributed by atoms with Gasteiger partial charge in [-0.2, -0.15) is 0 Å². The lowest BCUT2D eigenvalue weighted by molar-refractivity contribution is 0.628. The van der Waals surface area contributed by atoms with E-state index in [2.05, 4.69) is 4.98 Å². The summed E-state index contributed by atoms with van der Waals surface area (Å²) in [5, 5.41) is 1.34. The number of hydrogen-bond donors (Lipinski definition) is 1. The number of nitrogens with two attached hydrogens (primary N) is 1. The van der Waals surface area contributed by atoms with Crippen LogP contribution in [-0.2, 0) is 5.75 Å². The van der Waals surface area contributed by atoms with Gasteiger partial charge in [0, 0.05) is 22.2 Å². The van der Waals surface area contributed by atoms with Crippen molar-refractivity contribution in [3.63, 3.8) is 0 Å². The van der Waals surface area contributed by atoms with E-state index in [1.54, 1.807) is 30.1 Å². The first-order valence-electron chi connectivity index (χ1n) is 6.34. The number of fused-ring (bicyclic) bond motifs is 1. The highest BCUT2D eigenvalue weighted by molar-refractivity contribution is 7.98. The van der Waals surface area contributed by atoms with Crippen molar-refractivity contribution in [1.82, 2.24) is 4.98 Å². The van der Waals surface area contributed by atoms with Gasteiger partial charge in [0.15, 0.2) is 0 Å². The van der Waals surface area contributed by atoms with Crippen molar-refractivity contribution in [3.8, 4) is 0 Å². The lowest BCUT2D eigenvalue weighted by atomic mass is 10.1. The Morgan fingerprint density at radius 2 is 2.05 bits per heavy atom. The van der Waals surface area contributed by atoms with E-state index in [1.165, 1.54) is 12.1 Å². The van der Waals surface area contributed by atoms with Crippen LogP contribution in [0.5, 0.6) is 0 Å². The summed E-state index contributed by atoms with van der Waals surface area (Å²) in [7, 11) is 0. The molecule has 0 amide bonds. The first-order valence-corrected chi connectivity index (χ1v) is 7.71. The van der Waals surface area contributed by atoms with Crippen LogP contribution in [0.3, 0.4) is 0 Å². The zero-order valence-corrected chi connectivity index (χ0v) is 12.6. The molecule has 0 saturated heterocycles. The summed E-state index contributed by atoms with van der Waals surface area (Å²) >= 11 is 7.58. The Morgan fingerprint density at radius 3 is 2.86 bits per heavy atom. The van der Waals surface area contributed by atoms with Gasteiger partial charge in [0.1, 0.15) is 5.82 Å². The van der Waals surface area contributed by atoms with E-state index >= 15 is 0 Å². The normalized spacial score (nSPS) is 11.0. The van der Waals surface area contributed by atoms with Gasteiger partial charge in [-0.05, 0) is 42.0 Å². The van der Waals surface area contributed by atoms with Crippen LogP contribution in [0.4, 0.5) is 10.1 Å². The third-order valence-corrected chi connectivity index (χ3v) is 4.48. The fourth-order valence-corrected chi connectivity index (χ4v) is 3.25. The number of hydrogen-bond acceptors (Lipinski definition) is 3. The van der Waals surface area contributed by atoms with E-state index in [-0.39, 0.29) is 5.82 Å². The number of thioether (sulfide) groups is 1. The zero-order valence-electron chi connectivity index (χ0n) is 11.0. The molecule has 2 nitrogen and oxygen atoms in total. The van der Waals surface area contributed by atoms with Gasteiger partial charge in [0.05, 0.1) is 16.2 Å². The Balaban J connectivity index is 1.89. The molecule has 0 aliphatic rings. The van der Waals surface area contributed by atoms with Crippen molar-refractivity contribution in [2.24, 2.45) is 0 Å². The van der Waals surface area contributed by atoms with E-state index in [1.807, 2.05) is 18.2 Å². The highest BCUT2D eigenvalue weighted by atomic mass is 35.5. The predicted octanol–water partition coefficient (Wildman–Crippen LogP) is 4.90. The first kappa shape index (κ1) is 14.2. The molecule has 0 saturated carbocycles. The minimum Gasteiger partial charge on any atom is -0.398 e. The molecule has 3 rings (SSSR count). The van der Waals surface area contributed by atoms with Crippen LogP contribution < -0.4 is 5.73 Å². The van der Waals surface area contributed by atoms with Gasteiger partial charge in [-0.15, -0.1) is 11.8 Å². The second-order valence-electron chi connectivity index (χ2n) is 4.61. The predicted molar refractivity (Wildman–Crippen MR) is 87.1 cm³/mol. The number of halogens is 2. The van der Waals surface area contributed by atoms with Gasteiger partial charge in [-0.3, -0.25) is 4.98 Å². The van der Waals surface area contributed by atoms with Crippen molar-refractivity contribution < 1.29 is 4.39 Å². The van der Waals surface area contributed by atoms with Gasteiger partial charge in [-0.25, -0.2) is 4.39 Å². The van der Waals surface area contributed by atoms with E-state index in [0.29, 0.717) is 16.5 Å². The molecule has 0 atom stereocenters. The van der Waals surface area contributed by atoms with Crippen LogP contribution in [-0.4, -0.2) is 4.98 Å². The van der Waals surface area contributed by atoms with E-state index in [0.717, 1.165) is 21.4 Å². The molecule has 0 radical (unpaired) electrons. The Labute approximate surface area is 131 Å². The molecule has 0 fully saturated rings. The molecule has 0 aliphatic heterocycles. The highest BCUT2D eigenvalue weighted by Crippen LogP contribution is 2.30. The topological polar surface area (TPSA) is 38.9 Å². The fraction of sp³-hybridized carbons (Fsp3) is 0.0625. The minimum atomic E-state index is -0.249. The van der Waals surface area contributed by atoms with Crippen molar-refractivity contribution >= 4 is 40.0 Å². The molecule has 2 N–H and O–H groups in total. The fourth-order valence-electron chi connectivity index (χ4n) is 2.10. The molecule has 0 unspecified atom stereocenters. The van der Waals surface area contributed by atoms with E-state index in [4.69, 9.17) is 17.3 Å². The van der Waals surface area contributed by atoms with Crippen molar-refractivity contribution in [1.29, 1.82) is 0 Å². The minimum absolute atomic E-state index is 0.249. The summed E-state index contributed by atoms with van der Waals surface area (Å²) < 4.78 is 13.7. The standard InChI is InChI=1S/C16H12ClFN2S/c17-14-8-13(3-4-15(14)19)21-9-11-7-12(18)6-10-2-1-5-20-16(10)11/h1-8H,9,19H2. The summed E-state index contributed by atoms with van der Waals surface area (Å²) in [5.41, 5.74) is 7.94. The summed E-state index contributed by atoms with van der Waals surface area (Å²) in [4.78, 5) is 5.33. The SMILES string of the molecule is Nc1ccc(SCc2cc(F)cc3cccnc23)cc1Cl. The number of benzene rings is 2. The van der Waals surface area contributed by atoms with E-state index in [9.17, 15) is 4.39 Å². The average molecular weight is 319 g/mol. The number of nitrogen functional groups attached to an aromatic ring is 1. The molecule has 0 aliphatic carbocycles. The highest BCUT2D eigenvalue weighted by Gasteiger charge is 2.07. The second-order valence-corrected chi connectivity index (χ2v) is 6.07. The van der Waals surface area contributed by atoms with Crippen LogP contribution in [0.25, 0.3) is 10.9 Å². The number of anilines is 1. The van der Waals surface area contributed by atoms with Crippen LogP contribution >= 0.6 is 23.4 Å². The second kappa shape index (κ2) is 5.92. The van der Waals surface area contributed by atoms with Gasteiger partial charge in [0.2, 0.25) is 0 Å². The Kier molecular flexibility index (Phi) is 3.99. The van der Waals surface area contributed by atoms with Crippen LogP contribution in [0.2, 0.25) is 5.02 Å². The number of pyridine rings is 1. The molecule has 0 spiro atoms. The van der Waals surface area contributed by atoms with Gasteiger partial charge in [0.25, 0.3) is 0 Å². The number of rotatable bonds is 3. The maximum Gasteiger partial charge on any atom is 0.124 e. The zero-order chi connectivity index (χ0) is 14.8. The summed E-state index contributed by atoms with van der Waals surface area (Å²) in [6.45, 7) is 0. The maximum atomic E-state index is 13.7. The molecular weight excluding hydrogens is 307 g/mol. The van der Waals surface area contributed by atoms with Crippen LogP contribution in [0, 0.1) is 5.82 Å².